The molecule has 0 fully saturated rings. The van der Waals surface area contributed by atoms with Crippen LogP contribution in [-0.4, -0.2) is 37.5 Å². The fraction of sp³-hybridized carbons (Fsp3) is 0.250. The zero-order valence-corrected chi connectivity index (χ0v) is 16.0. The van der Waals surface area contributed by atoms with Crippen molar-refractivity contribution in [2.45, 2.75) is 13.3 Å². The van der Waals surface area contributed by atoms with Gasteiger partial charge in [0.2, 0.25) is 5.91 Å². The number of carbonyl (C=O) groups excluding carboxylic acids is 3. The first-order valence-corrected chi connectivity index (χ1v) is 9.05. The number of fused-ring (bicyclic) bond motifs is 1. The van der Waals surface area contributed by atoms with Gasteiger partial charge in [-0.3, -0.25) is 19.3 Å². The van der Waals surface area contributed by atoms with Gasteiger partial charge in [0.25, 0.3) is 5.91 Å². The molecule has 1 aliphatic heterocycles. The van der Waals surface area contributed by atoms with E-state index in [1.165, 1.54) is 4.90 Å². The van der Waals surface area contributed by atoms with Crippen LogP contribution >= 0.6 is 11.6 Å². The Kier molecular flexibility index (Phi) is 6.16. The summed E-state index contributed by atoms with van der Waals surface area (Å²) in [5.74, 6) is -0.913. The number of rotatable bonds is 5. The van der Waals surface area contributed by atoms with Gasteiger partial charge in [-0.2, -0.15) is 0 Å². The number of ether oxygens (including phenoxy) is 2. The van der Waals surface area contributed by atoms with Crippen molar-refractivity contribution >= 4 is 40.8 Å². The van der Waals surface area contributed by atoms with E-state index >= 15 is 0 Å². The van der Waals surface area contributed by atoms with Crippen LogP contribution in [0.4, 0.5) is 11.4 Å². The summed E-state index contributed by atoms with van der Waals surface area (Å²) in [4.78, 5) is 37.9. The van der Waals surface area contributed by atoms with E-state index in [2.05, 4.69) is 5.32 Å². The van der Waals surface area contributed by atoms with Gasteiger partial charge in [0.15, 0.2) is 6.61 Å². The van der Waals surface area contributed by atoms with Crippen molar-refractivity contribution in [2.24, 2.45) is 0 Å². The van der Waals surface area contributed by atoms with Crippen LogP contribution in [0.15, 0.2) is 42.5 Å². The second-order valence-electron chi connectivity index (χ2n) is 6.21. The standard InChI is InChI=1S/C20H19ClN2O5/c1-13-6-7-14(21)10-15(13)22-18(24)12-28-20(26)11-23-16-4-2-3-5-17(16)27-9-8-19(23)25/h2-7,10H,8-9,11-12H2,1H3,(H,22,24). The summed E-state index contributed by atoms with van der Waals surface area (Å²) in [6.45, 7) is 1.29. The highest BCUT2D eigenvalue weighted by Crippen LogP contribution is 2.30. The first kappa shape index (κ1) is 19.7. The third-order valence-corrected chi connectivity index (χ3v) is 4.39. The summed E-state index contributed by atoms with van der Waals surface area (Å²) in [5, 5.41) is 3.13. The van der Waals surface area contributed by atoms with Crippen molar-refractivity contribution in [3.05, 3.63) is 53.1 Å². The SMILES string of the molecule is Cc1ccc(Cl)cc1NC(=O)COC(=O)CN1C(=O)CCOc2ccccc21. The Morgan fingerprint density at radius 3 is 2.86 bits per heavy atom. The number of aryl methyl sites for hydroxylation is 1. The first-order valence-electron chi connectivity index (χ1n) is 8.68. The number of benzene rings is 2. The molecule has 0 spiro atoms. The van der Waals surface area contributed by atoms with Crippen molar-refractivity contribution in [2.75, 3.05) is 30.0 Å². The van der Waals surface area contributed by atoms with E-state index in [0.29, 0.717) is 22.1 Å². The maximum Gasteiger partial charge on any atom is 0.326 e. The molecule has 1 N–H and O–H groups in total. The van der Waals surface area contributed by atoms with Crippen LogP contribution in [0, 0.1) is 6.92 Å². The lowest BCUT2D eigenvalue weighted by Gasteiger charge is -2.20. The van der Waals surface area contributed by atoms with Crippen LogP contribution in [0.25, 0.3) is 0 Å². The number of anilines is 2. The number of amides is 2. The van der Waals surface area contributed by atoms with Crippen molar-refractivity contribution in [3.8, 4) is 5.75 Å². The quantitative estimate of drug-likeness (QED) is 0.777. The Balaban J connectivity index is 1.59. The largest absolute Gasteiger partial charge is 0.491 e. The van der Waals surface area contributed by atoms with Crippen LogP contribution < -0.4 is 15.0 Å². The Bertz CT molecular complexity index is 915. The lowest BCUT2D eigenvalue weighted by atomic mass is 10.2. The smallest absolute Gasteiger partial charge is 0.326 e. The molecule has 2 amide bonds. The van der Waals surface area contributed by atoms with E-state index < -0.39 is 18.5 Å². The molecule has 3 rings (SSSR count). The number of nitrogens with one attached hydrogen (secondary N) is 1. The Hall–Kier alpha value is -3.06. The second kappa shape index (κ2) is 8.75. The molecule has 146 valence electrons. The second-order valence-corrected chi connectivity index (χ2v) is 6.65. The molecular weight excluding hydrogens is 384 g/mol. The van der Waals surface area contributed by atoms with Gasteiger partial charge in [0.1, 0.15) is 12.3 Å². The lowest BCUT2D eigenvalue weighted by molar-refractivity contribution is -0.146. The van der Waals surface area contributed by atoms with E-state index in [-0.39, 0.29) is 25.5 Å². The maximum absolute atomic E-state index is 12.3. The predicted molar refractivity (Wildman–Crippen MR) is 105 cm³/mol. The predicted octanol–water partition coefficient (Wildman–Crippen LogP) is 2.95. The molecule has 0 unspecified atom stereocenters. The average molecular weight is 403 g/mol. The molecule has 2 aromatic carbocycles. The minimum Gasteiger partial charge on any atom is -0.491 e. The number of halogens is 1. The van der Waals surface area contributed by atoms with Gasteiger partial charge in [-0.05, 0) is 36.8 Å². The summed E-state index contributed by atoms with van der Waals surface area (Å²) >= 11 is 5.92. The zero-order chi connectivity index (χ0) is 20.1. The minimum absolute atomic E-state index is 0.149. The molecule has 0 atom stereocenters. The van der Waals surface area contributed by atoms with Crippen molar-refractivity contribution < 1.29 is 23.9 Å². The Labute approximate surface area is 167 Å². The molecule has 0 radical (unpaired) electrons. The molecule has 7 nitrogen and oxygen atoms in total. The van der Waals surface area contributed by atoms with E-state index in [1.807, 2.05) is 6.92 Å². The highest BCUT2D eigenvalue weighted by Gasteiger charge is 2.25. The number of carbonyl (C=O) groups is 3. The van der Waals surface area contributed by atoms with Gasteiger partial charge in [-0.25, -0.2) is 0 Å². The van der Waals surface area contributed by atoms with Crippen molar-refractivity contribution in [1.29, 1.82) is 0 Å². The molecule has 2 aromatic rings. The summed E-state index contributed by atoms with van der Waals surface area (Å²) in [6, 6.07) is 12.1. The normalized spacial score (nSPS) is 13.2. The number of para-hydroxylation sites is 2. The number of hydrogen-bond acceptors (Lipinski definition) is 5. The fourth-order valence-corrected chi connectivity index (χ4v) is 2.90. The van der Waals surface area contributed by atoms with Gasteiger partial charge in [-0.15, -0.1) is 0 Å². The zero-order valence-electron chi connectivity index (χ0n) is 15.2. The molecule has 1 aliphatic rings. The van der Waals surface area contributed by atoms with E-state index in [4.69, 9.17) is 21.1 Å². The maximum atomic E-state index is 12.3. The summed E-state index contributed by atoms with van der Waals surface area (Å²) < 4.78 is 10.6. The third kappa shape index (κ3) is 4.80. The molecular formula is C20H19ClN2O5. The highest BCUT2D eigenvalue weighted by atomic mass is 35.5. The van der Waals surface area contributed by atoms with Gasteiger partial charge in [0.05, 0.1) is 18.7 Å². The molecule has 0 saturated heterocycles. The van der Waals surface area contributed by atoms with Gasteiger partial charge in [0, 0.05) is 10.7 Å². The summed E-state index contributed by atoms with van der Waals surface area (Å²) in [7, 11) is 0. The highest BCUT2D eigenvalue weighted by molar-refractivity contribution is 6.31. The third-order valence-electron chi connectivity index (χ3n) is 4.16. The Morgan fingerprint density at radius 2 is 2.04 bits per heavy atom. The minimum atomic E-state index is -0.692. The van der Waals surface area contributed by atoms with E-state index in [9.17, 15) is 14.4 Å². The molecule has 0 aliphatic carbocycles. The van der Waals surface area contributed by atoms with Crippen LogP contribution in [0.2, 0.25) is 5.02 Å². The lowest BCUT2D eigenvalue weighted by Crippen LogP contribution is -2.37. The average Bonchev–Trinajstić information content (AvgIpc) is 2.82. The van der Waals surface area contributed by atoms with Crippen molar-refractivity contribution in [3.63, 3.8) is 0 Å². The van der Waals surface area contributed by atoms with Gasteiger partial charge in [-0.1, -0.05) is 29.8 Å². The first-order chi connectivity index (χ1) is 13.4. The number of nitrogens with zero attached hydrogens (tertiary/aromatic N) is 1. The molecule has 0 aromatic heterocycles. The summed E-state index contributed by atoms with van der Waals surface area (Å²) in [5.41, 5.74) is 1.87. The molecule has 1 heterocycles. The van der Waals surface area contributed by atoms with Crippen LogP contribution in [0.1, 0.15) is 12.0 Å². The van der Waals surface area contributed by atoms with E-state index in [1.54, 1.807) is 42.5 Å². The van der Waals surface area contributed by atoms with Gasteiger partial charge >= 0.3 is 5.97 Å². The number of esters is 1. The number of hydrogen-bond donors (Lipinski definition) is 1. The summed E-state index contributed by atoms with van der Waals surface area (Å²) in [6.07, 6.45) is 0.149. The molecule has 8 heteroatoms. The van der Waals surface area contributed by atoms with Crippen LogP contribution in [0.5, 0.6) is 5.75 Å². The van der Waals surface area contributed by atoms with Gasteiger partial charge < -0.3 is 14.8 Å². The topological polar surface area (TPSA) is 84.9 Å². The fourth-order valence-electron chi connectivity index (χ4n) is 2.73. The van der Waals surface area contributed by atoms with Crippen LogP contribution in [-0.2, 0) is 19.1 Å². The monoisotopic (exact) mass is 402 g/mol. The Morgan fingerprint density at radius 1 is 1.25 bits per heavy atom. The van der Waals surface area contributed by atoms with Crippen molar-refractivity contribution in [1.82, 2.24) is 0 Å². The molecule has 0 bridgehead atoms. The van der Waals surface area contributed by atoms with Crippen LogP contribution in [0.3, 0.4) is 0 Å². The molecule has 0 saturated carbocycles. The van der Waals surface area contributed by atoms with E-state index in [0.717, 1.165) is 5.56 Å². The molecule has 28 heavy (non-hydrogen) atoms.